The van der Waals surface area contributed by atoms with E-state index >= 15 is 0 Å². The molecule has 0 saturated heterocycles. The summed E-state index contributed by atoms with van der Waals surface area (Å²) < 4.78 is 6.43. The molecule has 2 aromatic heterocycles. The zero-order valence-electron chi connectivity index (χ0n) is 17.3. The number of carbonyl (C=O) groups is 1. The number of carbonyl (C=O) groups excluding carboxylic acids is 1. The molecule has 0 aliphatic carbocycles. The predicted octanol–water partition coefficient (Wildman–Crippen LogP) is 5.09. The Kier molecular flexibility index (Phi) is 5.77. The van der Waals surface area contributed by atoms with Gasteiger partial charge >= 0.3 is 0 Å². The van der Waals surface area contributed by atoms with E-state index in [1.54, 1.807) is 18.2 Å². The number of fused-ring (bicyclic) bond motifs is 1. The Morgan fingerprint density at radius 3 is 2.67 bits per heavy atom. The second kappa shape index (κ2) is 8.63. The maximum absolute atomic E-state index is 13.4. The van der Waals surface area contributed by atoms with Crippen molar-refractivity contribution in [1.82, 2.24) is 9.97 Å². The standard InChI is InChI=1S/C24H23N3O2S/c1-16-10-11-18(13-17(16)2)14-22(28)27(15-19-7-4-5-12-25-19)24-26-23-20(29-3)8-6-9-21(23)30-24/h4-13H,14-15H2,1-3H3. The van der Waals surface area contributed by atoms with E-state index in [4.69, 9.17) is 9.72 Å². The Balaban J connectivity index is 1.70. The number of nitrogens with zero attached hydrogens (tertiary/aromatic N) is 3. The molecular weight excluding hydrogens is 394 g/mol. The first-order valence-corrected chi connectivity index (χ1v) is 10.6. The predicted molar refractivity (Wildman–Crippen MR) is 121 cm³/mol. The summed E-state index contributed by atoms with van der Waals surface area (Å²) in [6, 6.07) is 17.7. The number of rotatable bonds is 6. The molecule has 0 unspecified atom stereocenters. The molecule has 30 heavy (non-hydrogen) atoms. The topological polar surface area (TPSA) is 55.3 Å². The van der Waals surface area contributed by atoms with E-state index in [-0.39, 0.29) is 5.91 Å². The van der Waals surface area contributed by atoms with Crippen LogP contribution in [0.4, 0.5) is 5.13 Å². The molecule has 0 saturated carbocycles. The maximum atomic E-state index is 13.4. The minimum Gasteiger partial charge on any atom is -0.494 e. The van der Waals surface area contributed by atoms with Crippen molar-refractivity contribution < 1.29 is 9.53 Å². The van der Waals surface area contributed by atoms with Crippen LogP contribution in [0, 0.1) is 13.8 Å². The molecule has 0 N–H and O–H groups in total. The van der Waals surface area contributed by atoms with Crippen LogP contribution in [0.2, 0.25) is 0 Å². The van der Waals surface area contributed by atoms with Crippen molar-refractivity contribution in [3.63, 3.8) is 0 Å². The van der Waals surface area contributed by atoms with Gasteiger partial charge < -0.3 is 4.74 Å². The van der Waals surface area contributed by atoms with Crippen molar-refractivity contribution in [3.8, 4) is 5.75 Å². The van der Waals surface area contributed by atoms with Crippen LogP contribution in [0.3, 0.4) is 0 Å². The zero-order chi connectivity index (χ0) is 21.1. The number of para-hydroxylation sites is 1. The van der Waals surface area contributed by atoms with E-state index in [0.717, 1.165) is 21.5 Å². The molecule has 2 heterocycles. The van der Waals surface area contributed by atoms with Gasteiger partial charge in [0, 0.05) is 6.20 Å². The summed E-state index contributed by atoms with van der Waals surface area (Å²) in [7, 11) is 1.63. The van der Waals surface area contributed by atoms with Gasteiger partial charge in [-0.3, -0.25) is 14.7 Å². The Labute approximate surface area is 180 Å². The average Bonchev–Trinajstić information content (AvgIpc) is 3.19. The van der Waals surface area contributed by atoms with E-state index in [2.05, 4.69) is 31.0 Å². The van der Waals surface area contributed by atoms with Crippen molar-refractivity contribution in [1.29, 1.82) is 0 Å². The van der Waals surface area contributed by atoms with E-state index in [1.165, 1.54) is 22.5 Å². The second-order valence-electron chi connectivity index (χ2n) is 7.20. The summed E-state index contributed by atoms with van der Waals surface area (Å²) in [5.41, 5.74) is 4.98. The number of hydrogen-bond donors (Lipinski definition) is 0. The fraction of sp³-hybridized carbons (Fsp3) is 0.208. The normalized spacial score (nSPS) is 10.9. The maximum Gasteiger partial charge on any atom is 0.233 e. The van der Waals surface area contributed by atoms with Gasteiger partial charge in [-0.2, -0.15) is 0 Å². The van der Waals surface area contributed by atoms with Crippen LogP contribution in [-0.4, -0.2) is 23.0 Å². The first-order chi connectivity index (χ1) is 14.5. The fourth-order valence-electron chi connectivity index (χ4n) is 3.29. The number of methoxy groups -OCH3 is 1. The number of benzene rings is 2. The molecule has 1 amide bonds. The fourth-order valence-corrected chi connectivity index (χ4v) is 4.29. The van der Waals surface area contributed by atoms with Crippen molar-refractivity contribution in [2.45, 2.75) is 26.8 Å². The largest absolute Gasteiger partial charge is 0.494 e. The Hall–Kier alpha value is -3.25. The van der Waals surface area contributed by atoms with Gasteiger partial charge in [0.15, 0.2) is 5.13 Å². The lowest BCUT2D eigenvalue weighted by Crippen LogP contribution is -2.32. The van der Waals surface area contributed by atoms with E-state index in [0.29, 0.717) is 23.8 Å². The molecule has 5 nitrogen and oxygen atoms in total. The molecule has 0 radical (unpaired) electrons. The first-order valence-electron chi connectivity index (χ1n) is 9.75. The lowest BCUT2D eigenvalue weighted by atomic mass is 10.0. The summed E-state index contributed by atoms with van der Waals surface area (Å²) >= 11 is 1.48. The van der Waals surface area contributed by atoms with E-state index < -0.39 is 0 Å². The molecule has 4 rings (SSSR count). The van der Waals surface area contributed by atoms with Crippen LogP contribution in [-0.2, 0) is 17.8 Å². The molecule has 152 valence electrons. The Morgan fingerprint density at radius 1 is 1.07 bits per heavy atom. The monoisotopic (exact) mass is 417 g/mol. The van der Waals surface area contributed by atoms with Gasteiger partial charge in [-0.15, -0.1) is 0 Å². The molecular formula is C24H23N3O2S. The van der Waals surface area contributed by atoms with Crippen LogP contribution in [0.1, 0.15) is 22.4 Å². The van der Waals surface area contributed by atoms with Crippen LogP contribution in [0.15, 0.2) is 60.8 Å². The van der Waals surface area contributed by atoms with Gasteiger partial charge in [0.2, 0.25) is 5.91 Å². The van der Waals surface area contributed by atoms with Crippen LogP contribution < -0.4 is 9.64 Å². The zero-order valence-corrected chi connectivity index (χ0v) is 18.1. The number of anilines is 1. The van der Waals surface area contributed by atoms with E-state index in [9.17, 15) is 4.79 Å². The van der Waals surface area contributed by atoms with Gasteiger partial charge in [0.05, 0.1) is 30.5 Å². The quantitative estimate of drug-likeness (QED) is 0.438. The molecule has 4 aromatic rings. The van der Waals surface area contributed by atoms with Crippen LogP contribution >= 0.6 is 11.3 Å². The molecule has 0 bridgehead atoms. The highest BCUT2D eigenvalue weighted by Crippen LogP contribution is 2.34. The molecule has 6 heteroatoms. The van der Waals surface area contributed by atoms with Gasteiger partial charge in [0.25, 0.3) is 0 Å². The number of pyridine rings is 1. The number of aryl methyl sites for hydroxylation is 2. The number of thiazole rings is 1. The first kappa shape index (κ1) is 20.0. The third-order valence-corrected chi connectivity index (χ3v) is 6.14. The van der Waals surface area contributed by atoms with Crippen molar-refractivity contribution in [3.05, 3.63) is 83.2 Å². The number of hydrogen-bond acceptors (Lipinski definition) is 5. The molecule has 0 aliphatic heterocycles. The highest BCUT2D eigenvalue weighted by atomic mass is 32.1. The van der Waals surface area contributed by atoms with Crippen molar-refractivity contribution >= 4 is 32.6 Å². The van der Waals surface area contributed by atoms with Gasteiger partial charge in [-0.05, 0) is 54.8 Å². The average molecular weight is 418 g/mol. The summed E-state index contributed by atoms with van der Waals surface area (Å²) in [5.74, 6) is 0.691. The smallest absolute Gasteiger partial charge is 0.233 e. The van der Waals surface area contributed by atoms with Gasteiger partial charge in [0.1, 0.15) is 11.3 Å². The van der Waals surface area contributed by atoms with Gasteiger partial charge in [-0.1, -0.05) is 41.7 Å². The minimum atomic E-state index is -0.0121. The Morgan fingerprint density at radius 2 is 1.93 bits per heavy atom. The molecule has 0 spiro atoms. The number of amides is 1. The lowest BCUT2D eigenvalue weighted by molar-refractivity contribution is -0.118. The highest BCUT2D eigenvalue weighted by molar-refractivity contribution is 7.22. The molecule has 0 aliphatic rings. The minimum absolute atomic E-state index is 0.0121. The summed E-state index contributed by atoms with van der Waals surface area (Å²) in [6.07, 6.45) is 2.05. The molecule has 2 aromatic carbocycles. The number of ether oxygens (including phenoxy) is 1. The SMILES string of the molecule is COc1cccc2sc(N(Cc3ccccn3)C(=O)Cc3ccc(C)c(C)c3)nc12. The number of aromatic nitrogens is 2. The van der Waals surface area contributed by atoms with Crippen LogP contribution in [0.25, 0.3) is 10.2 Å². The lowest BCUT2D eigenvalue weighted by Gasteiger charge is -2.20. The van der Waals surface area contributed by atoms with Crippen molar-refractivity contribution in [2.75, 3.05) is 12.0 Å². The summed E-state index contributed by atoms with van der Waals surface area (Å²) in [5, 5.41) is 0.647. The molecule has 0 atom stereocenters. The third-order valence-electron chi connectivity index (χ3n) is 5.10. The Bertz CT molecular complexity index is 1190. The third kappa shape index (κ3) is 4.19. The van der Waals surface area contributed by atoms with Crippen LogP contribution in [0.5, 0.6) is 5.75 Å². The van der Waals surface area contributed by atoms with Crippen molar-refractivity contribution in [2.24, 2.45) is 0 Å². The van der Waals surface area contributed by atoms with E-state index in [1.807, 2.05) is 42.5 Å². The van der Waals surface area contributed by atoms with Gasteiger partial charge in [-0.25, -0.2) is 4.98 Å². The summed E-state index contributed by atoms with van der Waals surface area (Å²) in [6.45, 7) is 4.50. The highest BCUT2D eigenvalue weighted by Gasteiger charge is 2.22. The summed E-state index contributed by atoms with van der Waals surface area (Å²) in [4.78, 5) is 24.3. The molecule has 0 fully saturated rings. The second-order valence-corrected chi connectivity index (χ2v) is 8.21.